The summed E-state index contributed by atoms with van der Waals surface area (Å²) < 4.78 is 6.54. The molecule has 1 aliphatic rings. The van der Waals surface area contributed by atoms with E-state index in [4.69, 9.17) is 16.3 Å². The second-order valence-corrected chi connectivity index (χ2v) is 9.11. The number of amides is 4. The van der Waals surface area contributed by atoms with E-state index in [1.165, 1.54) is 24.3 Å². The van der Waals surface area contributed by atoms with E-state index >= 15 is 0 Å². The molecule has 1 fully saturated rings. The van der Waals surface area contributed by atoms with E-state index in [0.717, 1.165) is 10.5 Å². The fourth-order valence-corrected chi connectivity index (χ4v) is 3.96. The summed E-state index contributed by atoms with van der Waals surface area (Å²) >= 11 is 9.53. The Labute approximate surface area is 218 Å². The molecule has 4 amide bonds. The van der Waals surface area contributed by atoms with E-state index in [2.05, 4.69) is 21.2 Å². The fraction of sp³-hybridized carbons (Fsp3) is 0.0800. The quantitative estimate of drug-likeness (QED) is 0.179. The second kappa shape index (κ2) is 10.3. The van der Waals surface area contributed by atoms with E-state index in [1.54, 1.807) is 49.4 Å². The van der Waals surface area contributed by atoms with Gasteiger partial charge in [-0.25, -0.2) is 9.69 Å². The Balaban J connectivity index is 1.64. The first-order valence-corrected chi connectivity index (χ1v) is 11.6. The molecule has 0 aliphatic carbocycles. The summed E-state index contributed by atoms with van der Waals surface area (Å²) in [4.78, 5) is 49.5. The van der Waals surface area contributed by atoms with Crippen molar-refractivity contribution in [1.29, 1.82) is 0 Å². The van der Waals surface area contributed by atoms with Crippen LogP contribution in [0.25, 0.3) is 6.08 Å². The molecule has 1 N–H and O–H groups in total. The lowest BCUT2D eigenvalue weighted by molar-refractivity contribution is -0.384. The smallest absolute Gasteiger partial charge is 0.335 e. The third-order valence-corrected chi connectivity index (χ3v) is 6.23. The summed E-state index contributed by atoms with van der Waals surface area (Å²) in [5.74, 6) is -1.31. The van der Waals surface area contributed by atoms with E-state index in [0.29, 0.717) is 26.4 Å². The number of aryl methyl sites for hydroxylation is 1. The highest BCUT2D eigenvalue weighted by molar-refractivity contribution is 9.10. The van der Waals surface area contributed by atoms with E-state index in [-0.39, 0.29) is 23.6 Å². The first-order valence-electron chi connectivity index (χ1n) is 10.5. The van der Waals surface area contributed by atoms with E-state index < -0.39 is 22.8 Å². The molecule has 1 saturated heterocycles. The number of hydrogen-bond acceptors (Lipinski definition) is 6. The van der Waals surface area contributed by atoms with Gasteiger partial charge in [0.15, 0.2) is 0 Å². The van der Waals surface area contributed by atoms with Crippen molar-refractivity contribution in [1.82, 2.24) is 5.32 Å². The van der Waals surface area contributed by atoms with Crippen molar-refractivity contribution in [2.24, 2.45) is 0 Å². The van der Waals surface area contributed by atoms with Crippen LogP contribution in [0.15, 0.2) is 70.7 Å². The Morgan fingerprint density at radius 3 is 2.47 bits per heavy atom. The number of urea groups is 1. The fourth-order valence-electron chi connectivity index (χ4n) is 3.41. The summed E-state index contributed by atoms with van der Waals surface area (Å²) in [6.45, 7) is 1.87. The summed E-state index contributed by atoms with van der Waals surface area (Å²) in [5, 5.41) is 13.4. The number of nitrogens with zero attached hydrogens (tertiary/aromatic N) is 2. The van der Waals surface area contributed by atoms with Crippen LogP contribution >= 0.6 is 27.5 Å². The van der Waals surface area contributed by atoms with Gasteiger partial charge in [0.1, 0.15) is 17.9 Å². The first-order chi connectivity index (χ1) is 17.1. The molecule has 1 heterocycles. The predicted octanol–water partition coefficient (Wildman–Crippen LogP) is 5.56. The number of hydrogen-bond donors (Lipinski definition) is 1. The van der Waals surface area contributed by atoms with Crippen molar-refractivity contribution >= 4 is 62.8 Å². The lowest BCUT2D eigenvalue weighted by Crippen LogP contribution is -2.54. The highest BCUT2D eigenvalue weighted by Gasteiger charge is 2.37. The van der Waals surface area contributed by atoms with Gasteiger partial charge in [-0.2, -0.15) is 0 Å². The van der Waals surface area contributed by atoms with Gasteiger partial charge in [-0.3, -0.25) is 25.0 Å². The molecule has 1 aliphatic heterocycles. The van der Waals surface area contributed by atoms with Gasteiger partial charge in [-0.05, 0) is 66.6 Å². The Bertz CT molecular complexity index is 1440. The van der Waals surface area contributed by atoms with Crippen LogP contribution in [0.3, 0.4) is 0 Å². The lowest BCUT2D eigenvalue weighted by atomic mass is 10.1. The minimum absolute atomic E-state index is 0.0383. The van der Waals surface area contributed by atoms with Gasteiger partial charge >= 0.3 is 6.03 Å². The normalized spacial score (nSPS) is 14.7. The zero-order chi connectivity index (χ0) is 26.0. The Morgan fingerprint density at radius 1 is 1.08 bits per heavy atom. The van der Waals surface area contributed by atoms with Gasteiger partial charge < -0.3 is 4.74 Å². The van der Waals surface area contributed by atoms with Crippen molar-refractivity contribution in [3.8, 4) is 5.75 Å². The van der Waals surface area contributed by atoms with Gasteiger partial charge in [-0.15, -0.1) is 0 Å². The van der Waals surface area contributed by atoms with Crippen molar-refractivity contribution < 1.29 is 24.0 Å². The number of barbiturate groups is 1. The molecule has 36 heavy (non-hydrogen) atoms. The number of anilines is 1. The lowest BCUT2D eigenvalue weighted by Gasteiger charge is -2.26. The minimum atomic E-state index is -0.883. The van der Waals surface area contributed by atoms with Crippen LogP contribution < -0.4 is 15.0 Å². The number of carbonyl (C=O) groups is 3. The SMILES string of the molecule is Cc1ccc(N2C(=O)NC(=O)/C(=C/c3cc(Br)ccc3OCc3ccc([N+](=O)[O-])cc3)C2=O)cc1Cl. The zero-order valence-corrected chi connectivity index (χ0v) is 21.0. The van der Waals surface area contributed by atoms with Crippen LogP contribution in [0, 0.1) is 17.0 Å². The van der Waals surface area contributed by atoms with Gasteiger partial charge in [0.25, 0.3) is 17.5 Å². The van der Waals surface area contributed by atoms with Crippen LogP contribution in [-0.4, -0.2) is 22.8 Å². The maximum atomic E-state index is 13.2. The molecule has 9 nitrogen and oxygen atoms in total. The molecule has 11 heteroatoms. The number of non-ortho nitro benzene ring substituents is 1. The monoisotopic (exact) mass is 569 g/mol. The van der Waals surface area contributed by atoms with E-state index in [1.807, 2.05) is 0 Å². The molecule has 0 spiro atoms. The molecule has 0 saturated carbocycles. The number of benzene rings is 3. The third kappa shape index (κ3) is 5.29. The third-order valence-electron chi connectivity index (χ3n) is 5.33. The number of halogens is 2. The van der Waals surface area contributed by atoms with Crippen LogP contribution in [-0.2, 0) is 16.2 Å². The summed E-state index contributed by atoms with van der Waals surface area (Å²) in [5.41, 5.74) is 1.76. The molecule has 0 aromatic heterocycles. The minimum Gasteiger partial charge on any atom is -0.488 e. The molecule has 182 valence electrons. The van der Waals surface area contributed by atoms with Gasteiger partial charge in [0.2, 0.25) is 0 Å². The second-order valence-electron chi connectivity index (χ2n) is 7.79. The number of carbonyl (C=O) groups excluding carboxylic acids is 3. The van der Waals surface area contributed by atoms with Crippen molar-refractivity contribution in [2.45, 2.75) is 13.5 Å². The van der Waals surface area contributed by atoms with Crippen LogP contribution in [0.5, 0.6) is 5.75 Å². The molecule has 0 bridgehead atoms. The average Bonchev–Trinajstić information content (AvgIpc) is 2.83. The van der Waals surface area contributed by atoms with E-state index in [9.17, 15) is 24.5 Å². The highest BCUT2D eigenvalue weighted by atomic mass is 79.9. The summed E-state index contributed by atoms with van der Waals surface area (Å²) in [6, 6.07) is 14.7. The maximum Gasteiger partial charge on any atom is 0.335 e. The predicted molar refractivity (Wildman–Crippen MR) is 137 cm³/mol. The van der Waals surface area contributed by atoms with Crippen molar-refractivity contribution in [2.75, 3.05) is 4.90 Å². The van der Waals surface area contributed by atoms with Crippen molar-refractivity contribution in [3.05, 3.63) is 103 Å². The van der Waals surface area contributed by atoms with Crippen LogP contribution in [0.2, 0.25) is 5.02 Å². The number of nitrogens with one attached hydrogen (secondary N) is 1. The Kier molecular flexibility index (Phi) is 7.18. The molecule has 0 atom stereocenters. The number of rotatable bonds is 6. The first kappa shape index (κ1) is 25.1. The number of nitro groups is 1. The molecule has 0 unspecified atom stereocenters. The summed E-state index contributed by atoms with van der Waals surface area (Å²) in [6.07, 6.45) is 1.34. The Morgan fingerprint density at radius 2 is 1.81 bits per heavy atom. The number of nitro benzene ring substituents is 1. The largest absolute Gasteiger partial charge is 0.488 e. The molecular weight excluding hydrogens is 554 g/mol. The standard InChI is InChI=1S/C25H17BrClN3O6/c1-14-2-6-19(12-21(14)27)29-24(32)20(23(31)28-25(29)33)11-16-10-17(26)5-9-22(16)36-13-15-3-7-18(8-4-15)30(34)35/h2-12H,13H2,1H3,(H,28,31,33)/b20-11-. The van der Waals surface area contributed by atoms with Gasteiger partial charge in [0, 0.05) is 27.2 Å². The highest BCUT2D eigenvalue weighted by Crippen LogP contribution is 2.30. The zero-order valence-electron chi connectivity index (χ0n) is 18.7. The summed E-state index contributed by atoms with van der Waals surface area (Å²) in [7, 11) is 0. The topological polar surface area (TPSA) is 119 Å². The molecule has 3 aromatic carbocycles. The van der Waals surface area contributed by atoms with Crippen LogP contribution in [0.1, 0.15) is 16.7 Å². The number of ether oxygens (including phenoxy) is 1. The molecular formula is C25H17BrClN3O6. The van der Waals surface area contributed by atoms with Crippen molar-refractivity contribution in [3.63, 3.8) is 0 Å². The molecule has 4 rings (SSSR count). The van der Waals surface area contributed by atoms with Crippen LogP contribution in [0.4, 0.5) is 16.2 Å². The molecule has 3 aromatic rings. The number of imide groups is 2. The van der Waals surface area contributed by atoms with Gasteiger partial charge in [0.05, 0.1) is 10.6 Å². The van der Waals surface area contributed by atoms with Gasteiger partial charge in [-0.1, -0.05) is 33.6 Å². The Hall–Kier alpha value is -4.02. The molecule has 0 radical (unpaired) electrons. The average molecular weight is 571 g/mol. The maximum absolute atomic E-state index is 13.2.